The molecule has 0 amide bonds. The maximum Gasteiger partial charge on any atom is 0.200 e. The third-order valence-electron chi connectivity index (χ3n) is 4.46. The SMILES string of the molecule is C=CC1CCC(COc2ccc(C3CO3)c(F)c2F)CC1. The molecule has 1 saturated heterocycles. The summed E-state index contributed by atoms with van der Waals surface area (Å²) in [4.78, 5) is 0. The van der Waals surface area contributed by atoms with Crippen LogP contribution in [0, 0.1) is 23.5 Å². The highest BCUT2D eigenvalue weighted by atomic mass is 19.2. The molecule has 0 aromatic heterocycles. The van der Waals surface area contributed by atoms with Gasteiger partial charge in [0.2, 0.25) is 5.82 Å². The topological polar surface area (TPSA) is 21.8 Å². The number of halogens is 2. The molecule has 1 heterocycles. The zero-order chi connectivity index (χ0) is 14.8. The van der Waals surface area contributed by atoms with Crippen LogP contribution in [0.4, 0.5) is 8.78 Å². The van der Waals surface area contributed by atoms with E-state index >= 15 is 0 Å². The average molecular weight is 294 g/mol. The largest absolute Gasteiger partial charge is 0.490 e. The van der Waals surface area contributed by atoms with E-state index in [4.69, 9.17) is 9.47 Å². The van der Waals surface area contributed by atoms with Gasteiger partial charge in [-0.1, -0.05) is 6.08 Å². The Morgan fingerprint density at radius 1 is 1.19 bits per heavy atom. The van der Waals surface area contributed by atoms with E-state index in [2.05, 4.69) is 6.58 Å². The van der Waals surface area contributed by atoms with E-state index < -0.39 is 11.6 Å². The summed E-state index contributed by atoms with van der Waals surface area (Å²) >= 11 is 0. The van der Waals surface area contributed by atoms with Gasteiger partial charge in [0, 0.05) is 5.56 Å². The van der Waals surface area contributed by atoms with Crippen LogP contribution in [0.15, 0.2) is 24.8 Å². The molecule has 1 aromatic carbocycles. The van der Waals surface area contributed by atoms with Gasteiger partial charge in [-0.15, -0.1) is 6.58 Å². The Morgan fingerprint density at radius 3 is 2.52 bits per heavy atom. The van der Waals surface area contributed by atoms with Crippen LogP contribution in [0.25, 0.3) is 0 Å². The van der Waals surface area contributed by atoms with Crippen LogP contribution in [-0.4, -0.2) is 13.2 Å². The number of ether oxygens (including phenoxy) is 2. The molecule has 1 aliphatic heterocycles. The van der Waals surface area contributed by atoms with E-state index in [0.29, 0.717) is 25.0 Å². The van der Waals surface area contributed by atoms with Crippen molar-refractivity contribution in [3.63, 3.8) is 0 Å². The van der Waals surface area contributed by atoms with Gasteiger partial charge in [0.25, 0.3) is 0 Å². The molecule has 3 rings (SSSR count). The molecule has 0 bridgehead atoms. The van der Waals surface area contributed by atoms with E-state index in [1.807, 2.05) is 6.08 Å². The number of benzene rings is 1. The summed E-state index contributed by atoms with van der Waals surface area (Å²) < 4.78 is 38.3. The van der Waals surface area contributed by atoms with Crippen LogP contribution in [0.3, 0.4) is 0 Å². The van der Waals surface area contributed by atoms with Crippen molar-refractivity contribution >= 4 is 0 Å². The van der Waals surface area contributed by atoms with Gasteiger partial charge in [-0.25, -0.2) is 4.39 Å². The fourth-order valence-corrected chi connectivity index (χ4v) is 2.93. The third-order valence-corrected chi connectivity index (χ3v) is 4.46. The highest BCUT2D eigenvalue weighted by Crippen LogP contribution is 2.35. The highest BCUT2D eigenvalue weighted by Gasteiger charge is 2.30. The van der Waals surface area contributed by atoms with Gasteiger partial charge in [-0.2, -0.15) is 4.39 Å². The van der Waals surface area contributed by atoms with E-state index in [-0.39, 0.29) is 17.4 Å². The summed E-state index contributed by atoms with van der Waals surface area (Å²) in [5.41, 5.74) is 0.284. The van der Waals surface area contributed by atoms with Crippen LogP contribution >= 0.6 is 0 Å². The molecule has 2 fully saturated rings. The lowest BCUT2D eigenvalue weighted by Crippen LogP contribution is -2.19. The van der Waals surface area contributed by atoms with Gasteiger partial charge in [0.1, 0.15) is 6.10 Å². The minimum Gasteiger partial charge on any atom is -0.490 e. The monoisotopic (exact) mass is 294 g/mol. The Morgan fingerprint density at radius 2 is 1.90 bits per heavy atom. The molecule has 1 unspecified atom stereocenters. The first-order chi connectivity index (χ1) is 10.2. The number of hydrogen-bond acceptors (Lipinski definition) is 2. The molecule has 1 aromatic rings. The lowest BCUT2D eigenvalue weighted by molar-refractivity contribution is 0.187. The van der Waals surface area contributed by atoms with Gasteiger partial charge < -0.3 is 9.47 Å². The van der Waals surface area contributed by atoms with Crippen molar-refractivity contribution in [2.75, 3.05) is 13.2 Å². The summed E-state index contributed by atoms with van der Waals surface area (Å²) in [5.74, 6) is -0.737. The zero-order valence-corrected chi connectivity index (χ0v) is 12.0. The summed E-state index contributed by atoms with van der Waals surface area (Å²) in [5, 5.41) is 0. The molecule has 1 atom stereocenters. The lowest BCUT2D eigenvalue weighted by Gasteiger charge is -2.26. The van der Waals surface area contributed by atoms with Crippen molar-refractivity contribution < 1.29 is 18.3 Å². The molecule has 0 N–H and O–H groups in total. The molecule has 0 radical (unpaired) electrons. The average Bonchev–Trinajstić information content (AvgIpc) is 3.34. The second kappa shape index (κ2) is 6.14. The standard InChI is InChI=1S/C17H20F2O2/c1-2-11-3-5-12(6-4-11)9-20-14-8-7-13(15-10-21-15)16(18)17(14)19/h2,7-8,11-12,15H,1,3-6,9-10H2. The second-order valence-corrected chi connectivity index (χ2v) is 5.93. The predicted octanol–water partition coefficient (Wildman–Crippen LogP) is 4.41. The zero-order valence-electron chi connectivity index (χ0n) is 12.0. The Hall–Kier alpha value is -1.42. The molecular formula is C17H20F2O2. The smallest absolute Gasteiger partial charge is 0.200 e. The quantitative estimate of drug-likeness (QED) is 0.593. The molecule has 2 nitrogen and oxygen atoms in total. The highest BCUT2D eigenvalue weighted by molar-refractivity contribution is 5.33. The Labute approximate surface area is 123 Å². The second-order valence-electron chi connectivity index (χ2n) is 5.93. The number of rotatable bonds is 5. The van der Waals surface area contributed by atoms with Crippen LogP contribution in [0.5, 0.6) is 5.75 Å². The molecule has 1 aliphatic carbocycles. The molecule has 1 saturated carbocycles. The lowest BCUT2D eigenvalue weighted by atomic mass is 9.82. The Bertz CT molecular complexity index is 518. The number of allylic oxidation sites excluding steroid dienone is 1. The molecule has 21 heavy (non-hydrogen) atoms. The first kappa shape index (κ1) is 14.5. The number of epoxide rings is 1. The van der Waals surface area contributed by atoms with Crippen molar-refractivity contribution in [2.24, 2.45) is 11.8 Å². The van der Waals surface area contributed by atoms with Gasteiger partial charge in [-0.05, 0) is 49.7 Å². The van der Waals surface area contributed by atoms with E-state index in [1.54, 1.807) is 6.07 Å². The first-order valence-electron chi connectivity index (χ1n) is 7.54. The molecule has 2 aliphatic rings. The first-order valence-corrected chi connectivity index (χ1v) is 7.54. The molecular weight excluding hydrogens is 274 g/mol. The van der Waals surface area contributed by atoms with E-state index in [9.17, 15) is 8.78 Å². The van der Waals surface area contributed by atoms with Gasteiger partial charge in [0.15, 0.2) is 11.6 Å². The van der Waals surface area contributed by atoms with Crippen molar-refractivity contribution in [3.05, 3.63) is 42.0 Å². The maximum atomic E-state index is 14.0. The Kier molecular flexibility index (Phi) is 4.24. The summed E-state index contributed by atoms with van der Waals surface area (Å²) in [6.45, 7) is 4.72. The predicted molar refractivity (Wildman–Crippen MR) is 76.2 cm³/mol. The van der Waals surface area contributed by atoms with E-state index in [1.165, 1.54) is 6.07 Å². The van der Waals surface area contributed by atoms with Crippen LogP contribution in [-0.2, 0) is 4.74 Å². The van der Waals surface area contributed by atoms with Crippen LogP contribution in [0.1, 0.15) is 37.4 Å². The van der Waals surface area contributed by atoms with Crippen LogP contribution in [0.2, 0.25) is 0 Å². The molecule has 4 heteroatoms. The van der Waals surface area contributed by atoms with Gasteiger partial charge in [-0.3, -0.25) is 0 Å². The van der Waals surface area contributed by atoms with Gasteiger partial charge >= 0.3 is 0 Å². The molecule has 0 spiro atoms. The third kappa shape index (κ3) is 3.26. The van der Waals surface area contributed by atoms with Crippen molar-refractivity contribution in [1.29, 1.82) is 0 Å². The summed E-state index contributed by atoms with van der Waals surface area (Å²) in [6.07, 6.45) is 6.02. The minimum atomic E-state index is -0.900. The fraction of sp³-hybridized carbons (Fsp3) is 0.529. The Balaban J connectivity index is 1.58. The van der Waals surface area contributed by atoms with Crippen LogP contribution < -0.4 is 4.74 Å². The fourth-order valence-electron chi connectivity index (χ4n) is 2.93. The minimum absolute atomic E-state index is 0.00254. The number of hydrogen-bond donors (Lipinski definition) is 0. The summed E-state index contributed by atoms with van der Waals surface area (Å²) in [6, 6.07) is 3.06. The summed E-state index contributed by atoms with van der Waals surface area (Å²) in [7, 11) is 0. The molecule has 114 valence electrons. The van der Waals surface area contributed by atoms with Crippen molar-refractivity contribution in [3.8, 4) is 5.75 Å². The normalized spacial score (nSPS) is 28.2. The van der Waals surface area contributed by atoms with Crippen molar-refractivity contribution in [1.82, 2.24) is 0 Å². The van der Waals surface area contributed by atoms with Gasteiger partial charge in [0.05, 0.1) is 13.2 Å². The maximum absolute atomic E-state index is 14.0. The van der Waals surface area contributed by atoms with E-state index in [0.717, 1.165) is 25.7 Å². The van der Waals surface area contributed by atoms with Crippen molar-refractivity contribution in [2.45, 2.75) is 31.8 Å².